The SMILES string of the molecule is O=C1NC(=O)N(COCCO)CC1Cc1cccc(OCc2ccc(OCc3ccccc3)cc2)c1. The zero-order valence-electron chi connectivity index (χ0n) is 20.0. The first kappa shape index (κ1) is 25.2. The molecule has 0 aliphatic carbocycles. The molecule has 1 unspecified atom stereocenters. The number of carbonyl (C=O) groups excluding carboxylic acids is 2. The maximum Gasteiger partial charge on any atom is 0.325 e. The molecule has 8 nitrogen and oxygen atoms in total. The second kappa shape index (κ2) is 12.7. The van der Waals surface area contributed by atoms with E-state index in [-0.39, 0.29) is 32.4 Å². The fourth-order valence-corrected chi connectivity index (χ4v) is 3.86. The third-order valence-electron chi connectivity index (χ3n) is 5.77. The molecule has 3 aromatic carbocycles. The number of carbonyl (C=O) groups is 2. The highest BCUT2D eigenvalue weighted by atomic mass is 16.5. The summed E-state index contributed by atoms with van der Waals surface area (Å²) >= 11 is 0. The topological polar surface area (TPSA) is 97.3 Å². The second-order valence-corrected chi connectivity index (χ2v) is 8.53. The lowest BCUT2D eigenvalue weighted by Gasteiger charge is -2.31. The predicted molar refractivity (Wildman–Crippen MR) is 133 cm³/mol. The molecule has 0 radical (unpaired) electrons. The van der Waals surface area contributed by atoms with Gasteiger partial charge in [-0.1, -0.05) is 54.6 Å². The van der Waals surface area contributed by atoms with Crippen molar-refractivity contribution >= 4 is 11.9 Å². The molecule has 0 saturated carbocycles. The third-order valence-corrected chi connectivity index (χ3v) is 5.77. The van der Waals surface area contributed by atoms with Crippen LogP contribution in [-0.2, 0) is 29.2 Å². The normalized spacial score (nSPS) is 15.5. The molecular weight excluding hydrogens is 460 g/mol. The molecule has 8 heteroatoms. The highest BCUT2D eigenvalue weighted by Crippen LogP contribution is 2.21. The smallest absolute Gasteiger partial charge is 0.325 e. The van der Waals surface area contributed by atoms with E-state index in [2.05, 4.69) is 5.32 Å². The number of hydrogen-bond acceptors (Lipinski definition) is 6. The van der Waals surface area contributed by atoms with Crippen molar-refractivity contribution in [1.29, 1.82) is 0 Å². The van der Waals surface area contributed by atoms with Gasteiger partial charge in [0, 0.05) is 6.54 Å². The largest absolute Gasteiger partial charge is 0.489 e. The van der Waals surface area contributed by atoms with Gasteiger partial charge in [-0.2, -0.15) is 0 Å². The maximum atomic E-state index is 12.4. The third kappa shape index (κ3) is 7.31. The van der Waals surface area contributed by atoms with Crippen LogP contribution in [0.3, 0.4) is 0 Å². The lowest BCUT2D eigenvalue weighted by molar-refractivity contribution is -0.127. The van der Waals surface area contributed by atoms with Crippen molar-refractivity contribution in [2.45, 2.75) is 19.6 Å². The lowest BCUT2D eigenvalue weighted by Crippen LogP contribution is -2.55. The molecule has 1 aliphatic heterocycles. The van der Waals surface area contributed by atoms with Crippen LogP contribution in [0, 0.1) is 5.92 Å². The van der Waals surface area contributed by atoms with Crippen LogP contribution in [-0.4, -0.2) is 48.4 Å². The molecule has 36 heavy (non-hydrogen) atoms. The highest BCUT2D eigenvalue weighted by molar-refractivity contribution is 5.98. The first-order chi connectivity index (χ1) is 17.6. The van der Waals surface area contributed by atoms with Gasteiger partial charge in [-0.25, -0.2) is 4.79 Å². The molecule has 1 atom stereocenters. The number of imide groups is 1. The van der Waals surface area contributed by atoms with Crippen molar-refractivity contribution in [3.8, 4) is 11.5 Å². The van der Waals surface area contributed by atoms with Gasteiger partial charge in [0.1, 0.15) is 31.4 Å². The predicted octanol–water partition coefficient (Wildman–Crippen LogP) is 3.52. The zero-order valence-corrected chi connectivity index (χ0v) is 20.0. The summed E-state index contributed by atoms with van der Waals surface area (Å²) in [6.45, 7) is 1.19. The molecule has 1 saturated heterocycles. The zero-order chi connectivity index (χ0) is 25.2. The number of rotatable bonds is 12. The van der Waals surface area contributed by atoms with E-state index < -0.39 is 11.9 Å². The van der Waals surface area contributed by atoms with Gasteiger partial charge in [-0.3, -0.25) is 10.1 Å². The molecule has 2 N–H and O–H groups in total. The van der Waals surface area contributed by atoms with Gasteiger partial charge in [0.25, 0.3) is 0 Å². The van der Waals surface area contributed by atoms with Crippen molar-refractivity contribution in [2.75, 3.05) is 26.5 Å². The van der Waals surface area contributed by atoms with Gasteiger partial charge >= 0.3 is 6.03 Å². The van der Waals surface area contributed by atoms with E-state index in [4.69, 9.17) is 19.3 Å². The first-order valence-corrected chi connectivity index (χ1v) is 11.9. The van der Waals surface area contributed by atoms with E-state index in [1.54, 1.807) is 0 Å². The Balaban J connectivity index is 1.28. The van der Waals surface area contributed by atoms with Gasteiger partial charge in [0.2, 0.25) is 5.91 Å². The van der Waals surface area contributed by atoms with Crippen LogP contribution >= 0.6 is 0 Å². The van der Waals surface area contributed by atoms with Crippen molar-refractivity contribution in [2.24, 2.45) is 5.92 Å². The van der Waals surface area contributed by atoms with Crippen LogP contribution in [0.25, 0.3) is 0 Å². The molecule has 0 spiro atoms. The number of amides is 3. The van der Waals surface area contributed by atoms with Crippen molar-refractivity contribution in [3.05, 3.63) is 95.6 Å². The lowest BCUT2D eigenvalue weighted by atomic mass is 9.96. The Morgan fingerprint density at radius 2 is 1.53 bits per heavy atom. The van der Waals surface area contributed by atoms with E-state index in [0.29, 0.717) is 25.4 Å². The van der Waals surface area contributed by atoms with Crippen LogP contribution < -0.4 is 14.8 Å². The van der Waals surface area contributed by atoms with E-state index in [1.165, 1.54) is 4.90 Å². The Kier molecular flexibility index (Phi) is 8.91. The van der Waals surface area contributed by atoms with Gasteiger partial charge in [-0.05, 0) is 47.4 Å². The molecule has 0 aromatic heterocycles. The Bertz CT molecular complexity index is 1140. The minimum absolute atomic E-state index is 0.0232. The Morgan fingerprint density at radius 3 is 2.28 bits per heavy atom. The Morgan fingerprint density at radius 1 is 0.833 bits per heavy atom. The van der Waals surface area contributed by atoms with Crippen LogP contribution in [0.4, 0.5) is 4.79 Å². The fraction of sp³-hybridized carbons (Fsp3) is 0.286. The van der Waals surface area contributed by atoms with Crippen LogP contribution in [0.2, 0.25) is 0 Å². The van der Waals surface area contributed by atoms with Crippen molar-refractivity contribution < 1.29 is 28.9 Å². The quantitative estimate of drug-likeness (QED) is 0.377. The Hall–Kier alpha value is -3.88. The van der Waals surface area contributed by atoms with Gasteiger partial charge in [-0.15, -0.1) is 0 Å². The molecule has 188 valence electrons. The minimum Gasteiger partial charge on any atom is -0.489 e. The van der Waals surface area contributed by atoms with Crippen LogP contribution in [0.5, 0.6) is 11.5 Å². The Labute approximate surface area is 210 Å². The average molecular weight is 491 g/mol. The van der Waals surface area contributed by atoms with Crippen LogP contribution in [0.1, 0.15) is 16.7 Å². The summed E-state index contributed by atoms with van der Waals surface area (Å²) in [6, 6.07) is 24.9. The van der Waals surface area contributed by atoms with Gasteiger partial charge < -0.3 is 24.2 Å². The summed E-state index contributed by atoms with van der Waals surface area (Å²) in [7, 11) is 0. The number of urea groups is 1. The number of aliphatic hydroxyl groups is 1. The van der Waals surface area contributed by atoms with E-state index in [9.17, 15) is 9.59 Å². The van der Waals surface area contributed by atoms with Crippen LogP contribution in [0.15, 0.2) is 78.9 Å². The van der Waals surface area contributed by atoms with E-state index in [1.807, 2.05) is 78.9 Å². The van der Waals surface area contributed by atoms with Gasteiger partial charge in [0.15, 0.2) is 0 Å². The number of benzene rings is 3. The number of aliphatic hydroxyl groups excluding tert-OH is 1. The second-order valence-electron chi connectivity index (χ2n) is 8.53. The monoisotopic (exact) mass is 490 g/mol. The van der Waals surface area contributed by atoms with E-state index >= 15 is 0 Å². The van der Waals surface area contributed by atoms with Gasteiger partial charge in [0.05, 0.1) is 19.1 Å². The number of nitrogens with one attached hydrogen (secondary N) is 1. The molecule has 3 aromatic rings. The summed E-state index contributed by atoms with van der Waals surface area (Å²) in [4.78, 5) is 25.8. The molecule has 1 fully saturated rings. The molecule has 1 aliphatic rings. The summed E-state index contributed by atoms with van der Waals surface area (Å²) < 4.78 is 17.0. The minimum atomic E-state index is -0.484. The summed E-state index contributed by atoms with van der Waals surface area (Å²) in [5.74, 6) is 0.787. The number of ether oxygens (including phenoxy) is 3. The molecule has 0 bridgehead atoms. The summed E-state index contributed by atoms with van der Waals surface area (Å²) in [5, 5.41) is 11.2. The summed E-state index contributed by atoms with van der Waals surface area (Å²) in [5.41, 5.74) is 3.06. The fourth-order valence-electron chi connectivity index (χ4n) is 3.86. The van der Waals surface area contributed by atoms with Crippen molar-refractivity contribution in [1.82, 2.24) is 10.2 Å². The average Bonchev–Trinajstić information content (AvgIpc) is 2.90. The molecular formula is C28H30N2O6. The van der Waals surface area contributed by atoms with E-state index in [0.717, 1.165) is 22.4 Å². The van der Waals surface area contributed by atoms with Crippen molar-refractivity contribution in [3.63, 3.8) is 0 Å². The molecule has 4 rings (SSSR count). The number of hydrogen-bond donors (Lipinski definition) is 2. The maximum absolute atomic E-state index is 12.4. The number of nitrogens with zero attached hydrogens (tertiary/aromatic N) is 1. The first-order valence-electron chi connectivity index (χ1n) is 11.9. The molecule has 3 amide bonds. The molecule has 1 heterocycles. The highest BCUT2D eigenvalue weighted by Gasteiger charge is 2.32. The summed E-state index contributed by atoms with van der Waals surface area (Å²) in [6.07, 6.45) is 0.459. The standard InChI is InChI=1S/C28H30N2O6/c31-13-14-34-20-30-17-24(27(32)29-28(30)33)15-23-7-4-8-26(16-23)36-19-22-9-11-25(12-10-22)35-18-21-5-2-1-3-6-21/h1-12,16,24,31H,13-15,17-20H2,(H,29,32,33).